The molecule has 0 atom stereocenters. The fraction of sp³-hybridized carbons (Fsp3) is 0.154. The van der Waals surface area contributed by atoms with Crippen LogP contribution in [0.1, 0.15) is 11.8 Å². The Hall–Kier alpha value is -2.28. The van der Waals surface area contributed by atoms with E-state index in [-0.39, 0.29) is 0 Å². The zero-order valence-electron chi connectivity index (χ0n) is 10.6. The minimum atomic E-state index is -0.410. The summed E-state index contributed by atoms with van der Waals surface area (Å²) in [6.45, 7) is 2.05. The largest absolute Gasteiger partial charge is 0.390 e. The van der Waals surface area contributed by atoms with Crippen LogP contribution < -0.4 is 5.73 Å². The maximum Gasteiger partial charge on any atom is 0.261 e. The molecule has 102 valence electrons. The van der Waals surface area contributed by atoms with Gasteiger partial charge >= 0.3 is 0 Å². The van der Waals surface area contributed by atoms with Crippen molar-refractivity contribution in [2.75, 3.05) is 5.73 Å². The van der Waals surface area contributed by atoms with E-state index in [2.05, 4.69) is 22.0 Å². The van der Waals surface area contributed by atoms with Crippen molar-refractivity contribution in [3.8, 4) is 23.0 Å². The molecule has 0 radical (unpaired) electrons. The molecule has 20 heavy (non-hydrogen) atoms. The molecule has 0 aliphatic heterocycles. The third-order valence-corrected chi connectivity index (χ3v) is 3.88. The zero-order chi connectivity index (χ0) is 14.1. The fourth-order valence-electron chi connectivity index (χ4n) is 1.74. The van der Waals surface area contributed by atoms with Crippen LogP contribution in [-0.4, -0.2) is 15.1 Å². The third-order valence-electron chi connectivity index (χ3n) is 2.77. The second-order valence-electron chi connectivity index (χ2n) is 4.13. The maximum atomic E-state index is 12.8. The number of anilines is 1. The lowest BCUT2D eigenvalue weighted by molar-refractivity contribution is 0.432. The van der Waals surface area contributed by atoms with E-state index < -0.39 is 5.82 Å². The molecule has 0 aromatic carbocycles. The van der Waals surface area contributed by atoms with Crippen molar-refractivity contribution < 1.29 is 8.91 Å². The minimum Gasteiger partial charge on any atom is -0.390 e. The fourth-order valence-corrected chi connectivity index (χ4v) is 2.60. The van der Waals surface area contributed by atoms with Gasteiger partial charge < -0.3 is 10.3 Å². The van der Waals surface area contributed by atoms with Gasteiger partial charge in [-0.3, -0.25) is 0 Å². The van der Waals surface area contributed by atoms with Crippen molar-refractivity contribution >= 4 is 16.3 Å². The van der Waals surface area contributed by atoms with E-state index in [0.717, 1.165) is 23.1 Å². The van der Waals surface area contributed by atoms with Gasteiger partial charge in [-0.2, -0.15) is 4.98 Å². The number of halogens is 1. The molecular formula is C13H11FN4OS. The molecule has 3 rings (SSSR count). The summed E-state index contributed by atoms with van der Waals surface area (Å²) < 4.78 is 18.0. The first kappa shape index (κ1) is 12.7. The summed E-state index contributed by atoms with van der Waals surface area (Å²) in [6.07, 6.45) is 2.01. The van der Waals surface area contributed by atoms with Gasteiger partial charge in [-0.25, -0.2) is 9.37 Å². The normalized spacial score (nSPS) is 10.9. The van der Waals surface area contributed by atoms with Gasteiger partial charge in [-0.05, 0) is 24.6 Å². The summed E-state index contributed by atoms with van der Waals surface area (Å²) in [5, 5.41) is 4.49. The van der Waals surface area contributed by atoms with Crippen LogP contribution in [0.5, 0.6) is 0 Å². The molecule has 0 saturated heterocycles. The van der Waals surface area contributed by atoms with Gasteiger partial charge in [-0.1, -0.05) is 12.1 Å². The molecule has 0 unspecified atom stereocenters. The van der Waals surface area contributed by atoms with Crippen LogP contribution in [0, 0.1) is 5.82 Å². The van der Waals surface area contributed by atoms with Crippen molar-refractivity contribution in [3.63, 3.8) is 0 Å². The minimum absolute atomic E-state index is 0.309. The number of nitrogens with zero attached hydrogens (tertiary/aromatic N) is 3. The van der Waals surface area contributed by atoms with Crippen LogP contribution in [0.3, 0.4) is 0 Å². The van der Waals surface area contributed by atoms with E-state index in [1.807, 2.05) is 6.07 Å². The SMILES string of the molecule is CCc1cc(-c2nc(-c3ccc(F)cn3)no2)c(N)s1. The van der Waals surface area contributed by atoms with E-state index >= 15 is 0 Å². The number of hydrogen-bond acceptors (Lipinski definition) is 6. The molecule has 0 bridgehead atoms. The van der Waals surface area contributed by atoms with Crippen LogP contribution in [0.25, 0.3) is 23.0 Å². The number of rotatable bonds is 3. The van der Waals surface area contributed by atoms with Gasteiger partial charge in [-0.15, -0.1) is 11.3 Å². The summed E-state index contributed by atoms with van der Waals surface area (Å²) in [6, 6.07) is 4.74. The van der Waals surface area contributed by atoms with Gasteiger partial charge in [0.15, 0.2) is 0 Å². The lowest BCUT2D eigenvalue weighted by Gasteiger charge is -1.92. The lowest BCUT2D eigenvalue weighted by atomic mass is 10.2. The molecule has 0 aliphatic carbocycles. The Morgan fingerprint density at radius 1 is 1.40 bits per heavy atom. The van der Waals surface area contributed by atoms with E-state index in [1.54, 1.807) is 0 Å². The standard InChI is InChI=1S/C13H11FN4OS/c1-2-8-5-9(11(15)20-8)13-17-12(18-19-13)10-4-3-7(14)6-16-10/h3-6H,2,15H2,1H3. The molecule has 2 N–H and O–H groups in total. The highest BCUT2D eigenvalue weighted by Crippen LogP contribution is 2.33. The number of aryl methyl sites for hydroxylation is 1. The lowest BCUT2D eigenvalue weighted by Crippen LogP contribution is -1.87. The molecule has 7 heteroatoms. The van der Waals surface area contributed by atoms with E-state index in [0.29, 0.717) is 22.4 Å². The van der Waals surface area contributed by atoms with Crippen molar-refractivity contribution in [2.45, 2.75) is 13.3 Å². The smallest absolute Gasteiger partial charge is 0.261 e. The predicted molar refractivity (Wildman–Crippen MR) is 74.6 cm³/mol. The van der Waals surface area contributed by atoms with Gasteiger partial charge in [0.1, 0.15) is 11.5 Å². The van der Waals surface area contributed by atoms with Crippen molar-refractivity contribution in [1.82, 2.24) is 15.1 Å². The Morgan fingerprint density at radius 3 is 2.90 bits per heavy atom. The molecule has 3 aromatic rings. The summed E-state index contributed by atoms with van der Waals surface area (Å²) in [5.41, 5.74) is 7.12. The van der Waals surface area contributed by atoms with Gasteiger partial charge in [0, 0.05) is 4.88 Å². The Bertz CT molecular complexity index is 735. The van der Waals surface area contributed by atoms with Crippen LogP contribution in [0.4, 0.5) is 9.39 Å². The monoisotopic (exact) mass is 290 g/mol. The predicted octanol–water partition coefficient (Wildman–Crippen LogP) is 3.14. The van der Waals surface area contributed by atoms with E-state index in [1.165, 1.54) is 23.5 Å². The quantitative estimate of drug-likeness (QED) is 0.801. The second kappa shape index (κ2) is 5.01. The number of pyridine rings is 1. The molecule has 0 aliphatic rings. The van der Waals surface area contributed by atoms with Crippen LogP contribution in [0.2, 0.25) is 0 Å². The molecule has 3 heterocycles. The van der Waals surface area contributed by atoms with E-state index in [9.17, 15) is 4.39 Å². The summed E-state index contributed by atoms with van der Waals surface area (Å²) >= 11 is 1.50. The molecule has 3 aromatic heterocycles. The highest BCUT2D eigenvalue weighted by atomic mass is 32.1. The third kappa shape index (κ3) is 2.27. The van der Waals surface area contributed by atoms with Crippen LogP contribution in [-0.2, 0) is 6.42 Å². The maximum absolute atomic E-state index is 12.8. The summed E-state index contributed by atoms with van der Waals surface area (Å²) in [7, 11) is 0. The molecule has 0 fully saturated rings. The van der Waals surface area contributed by atoms with Crippen LogP contribution >= 0.6 is 11.3 Å². The van der Waals surface area contributed by atoms with Crippen LogP contribution in [0.15, 0.2) is 28.9 Å². The molecule has 0 saturated carbocycles. The Kier molecular flexibility index (Phi) is 3.19. The van der Waals surface area contributed by atoms with Crippen molar-refractivity contribution in [1.29, 1.82) is 0 Å². The Morgan fingerprint density at radius 2 is 2.25 bits per heavy atom. The van der Waals surface area contributed by atoms with Crippen molar-refractivity contribution in [2.24, 2.45) is 0 Å². The first-order valence-electron chi connectivity index (χ1n) is 6.01. The van der Waals surface area contributed by atoms with Gasteiger partial charge in [0.25, 0.3) is 5.89 Å². The second-order valence-corrected chi connectivity index (χ2v) is 5.30. The highest BCUT2D eigenvalue weighted by molar-refractivity contribution is 7.16. The molecule has 0 amide bonds. The zero-order valence-corrected chi connectivity index (χ0v) is 11.4. The first-order chi connectivity index (χ1) is 9.67. The average molecular weight is 290 g/mol. The molecule has 5 nitrogen and oxygen atoms in total. The number of aromatic nitrogens is 3. The van der Waals surface area contributed by atoms with Gasteiger partial charge in [0.05, 0.1) is 16.8 Å². The van der Waals surface area contributed by atoms with E-state index in [4.69, 9.17) is 10.3 Å². The number of thiophene rings is 1. The number of hydrogen-bond donors (Lipinski definition) is 1. The first-order valence-corrected chi connectivity index (χ1v) is 6.83. The van der Waals surface area contributed by atoms with Crippen molar-refractivity contribution in [3.05, 3.63) is 35.1 Å². The number of nitrogens with two attached hydrogens (primary N) is 1. The number of nitrogen functional groups attached to an aromatic ring is 1. The summed E-state index contributed by atoms with van der Waals surface area (Å²) in [5.74, 6) is 0.246. The highest BCUT2D eigenvalue weighted by Gasteiger charge is 2.16. The Labute approximate surface area is 118 Å². The van der Waals surface area contributed by atoms with Gasteiger partial charge in [0.2, 0.25) is 5.82 Å². The summed E-state index contributed by atoms with van der Waals surface area (Å²) in [4.78, 5) is 9.31. The average Bonchev–Trinajstić information content (AvgIpc) is 3.06. The topological polar surface area (TPSA) is 77.8 Å². The molecular weight excluding hydrogens is 279 g/mol. The molecule has 0 spiro atoms. The Balaban J connectivity index is 1.97.